The molecular formula is C10H9FN4O6S. The SMILES string of the molecule is O=C1NCC(S(=O)(=O)Nc2ccc(F)c([N+](=O)[O-])c2)C(=O)N1. The van der Waals surface area contributed by atoms with Crippen LogP contribution < -0.4 is 15.4 Å². The molecule has 1 aromatic rings. The number of nitro groups is 1. The van der Waals surface area contributed by atoms with Gasteiger partial charge in [0.1, 0.15) is 0 Å². The summed E-state index contributed by atoms with van der Waals surface area (Å²) < 4.78 is 39.2. The molecular weight excluding hydrogens is 323 g/mol. The number of halogens is 1. The molecule has 0 radical (unpaired) electrons. The summed E-state index contributed by atoms with van der Waals surface area (Å²) in [7, 11) is -4.29. The van der Waals surface area contributed by atoms with Crippen molar-refractivity contribution in [2.45, 2.75) is 5.25 Å². The van der Waals surface area contributed by atoms with E-state index in [9.17, 15) is 32.5 Å². The maximum atomic E-state index is 13.2. The lowest BCUT2D eigenvalue weighted by molar-refractivity contribution is -0.387. The van der Waals surface area contributed by atoms with E-state index in [0.29, 0.717) is 6.07 Å². The van der Waals surface area contributed by atoms with Crippen molar-refractivity contribution in [1.82, 2.24) is 10.6 Å². The Bertz CT molecular complexity index is 765. The summed E-state index contributed by atoms with van der Waals surface area (Å²) >= 11 is 0. The largest absolute Gasteiger partial charge is 0.336 e. The summed E-state index contributed by atoms with van der Waals surface area (Å²) in [6, 6.07) is 1.55. The van der Waals surface area contributed by atoms with Gasteiger partial charge in [0.25, 0.3) is 0 Å². The highest BCUT2D eigenvalue weighted by molar-refractivity contribution is 7.94. The number of rotatable bonds is 4. The van der Waals surface area contributed by atoms with Crippen LogP contribution in [0.25, 0.3) is 0 Å². The Labute approximate surface area is 122 Å². The van der Waals surface area contributed by atoms with Gasteiger partial charge >= 0.3 is 11.7 Å². The molecule has 0 bridgehead atoms. The van der Waals surface area contributed by atoms with Crippen molar-refractivity contribution in [2.24, 2.45) is 0 Å². The number of benzene rings is 1. The van der Waals surface area contributed by atoms with Crippen LogP contribution in [0.5, 0.6) is 0 Å². The minimum Gasteiger partial charge on any atom is -0.336 e. The number of sulfonamides is 1. The summed E-state index contributed by atoms with van der Waals surface area (Å²) in [6.07, 6.45) is 0. The fourth-order valence-electron chi connectivity index (χ4n) is 1.72. The van der Waals surface area contributed by atoms with Crippen LogP contribution in [0.15, 0.2) is 18.2 Å². The lowest BCUT2D eigenvalue weighted by Crippen LogP contribution is -2.58. The second-order valence-electron chi connectivity index (χ2n) is 4.26. The Morgan fingerprint density at radius 2 is 2.05 bits per heavy atom. The van der Waals surface area contributed by atoms with Crippen LogP contribution in [0.2, 0.25) is 0 Å². The topological polar surface area (TPSA) is 148 Å². The van der Waals surface area contributed by atoms with Crippen LogP contribution in [-0.4, -0.2) is 37.1 Å². The number of imide groups is 1. The number of hydrogen-bond acceptors (Lipinski definition) is 6. The third-order valence-electron chi connectivity index (χ3n) is 2.75. The average molecular weight is 332 g/mol. The van der Waals surface area contributed by atoms with Crippen LogP contribution in [0.4, 0.5) is 20.6 Å². The molecule has 1 unspecified atom stereocenters. The number of anilines is 1. The number of nitrogens with zero attached hydrogens (tertiary/aromatic N) is 1. The van der Waals surface area contributed by atoms with Gasteiger partial charge in [-0.15, -0.1) is 0 Å². The third kappa shape index (κ3) is 3.11. The van der Waals surface area contributed by atoms with Gasteiger partial charge < -0.3 is 5.32 Å². The quantitative estimate of drug-likeness (QED) is 0.508. The van der Waals surface area contributed by atoms with Crippen molar-refractivity contribution < 1.29 is 27.3 Å². The van der Waals surface area contributed by atoms with E-state index in [1.54, 1.807) is 5.32 Å². The number of amides is 3. The Morgan fingerprint density at radius 1 is 1.36 bits per heavy atom. The van der Waals surface area contributed by atoms with E-state index >= 15 is 0 Å². The first-order chi connectivity index (χ1) is 10.2. The Hall–Kier alpha value is -2.76. The molecule has 0 saturated carbocycles. The van der Waals surface area contributed by atoms with Gasteiger partial charge in [0, 0.05) is 12.6 Å². The lowest BCUT2D eigenvalue weighted by Gasteiger charge is -2.22. The summed E-state index contributed by atoms with van der Waals surface area (Å²) in [5.41, 5.74) is -1.20. The number of carbonyl (C=O) groups excluding carboxylic acids is 2. The zero-order chi connectivity index (χ0) is 16.5. The predicted molar refractivity (Wildman–Crippen MR) is 70.9 cm³/mol. The maximum Gasteiger partial charge on any atom is 0.321 e. The van der Waals surface area contributed by atoms with Gasteiger partial charge in [0.05, 0.1) is 10.6 Å². The van der Waals surface area contributed by atoms with Crippen molar-refractivity contribution in [3.05, 3.63) is 34.1 Å². The van der Waals surface area contributed by atoms with Crippen molar-refractivity contribution in [1.29, 1.82) is 0 Å². The second-order valence-corrected chi connectivity index (χ2v) is 6.12. The molecule has 3 N–H and O–H groups in total. The van der Waals surface area contributed by atoms with E-state index in [2.05, 4.69) is 5.32 Å². The zero-order valence-electron chi connectivity index (χ0n) is 10.7. The highest BCUT2D eigenvalue weighted by atomic mass is 32.2. The molecule has 1 fully saturated rings. The molecule has 0 spiro atoms. The molecule has 10 nitrogen and oxygen atoms in total. The lowest BCUT2D eigenvalue weighted by atomic mass is 10.3. The minimum atomic E-state index is -4.29. The van der Waals surface area contributed by atoms with Gasteiger partial charge in [0.15, 0.2) is 5.25 Å². The molecule has 1 aliphatic rings. The highest BCUT2D eigenvalue weighted by Gasteiger charge is 2.37. The van der Waals surface area contributed by atoms with Crippen LogP contribution in [-0.2, 0) is 14.8 Å². The van der Waals surface area contributed by atoms with Crippen LogP contribution in [0, 0.1) is 15.9 Å². The number of carbonyl (C=O) groups is 2. The first-order valence-electron chi connectivity index (χ1n) is 5.75. The van der Waals surface area contributed by atoms with Gasteiger partial charge in [-0.3, -0.25) is 24.9 Å². The molecule has 1 atom stereocenters. The van der Waals surface area contributed by atoms with E-state index < -0.39 is 50.2 Å². The summed E-state index contributed by atoms with van der Waals surface area (Å²) in [6.45, 7) is -0.455. The van der Waals surface area contributed by atoms with Crippen molar-refractivity contribution in [3.63, 3.8) is 0 Å². The summed E-state index contributed by atoms with van der Waals surface area (Å²) in [4.78, 5) is 32.0. The monoisotopic (exact) mass is 332 g/mol. The highest BCUT2D eigenvalue weighted by Crippen LogP contribution is 2.23. The van der Waals surface area contributed by atoms with Crippen LogP contribution in [0.1, 0.15) is 0 Å². The predicted octanol–water partition coefficient (Wildman–Crippen LogP) is -0.316. The van der Waals surface area contributed by atoms with Crippen LogP contribution in [0.3, 0.4) is 0 Å². The van der Waals surface area contributed by atoms with Gasteiger partial charge in [-0.25, -0.2) is 13.2 Å². The first kappa shape index (κ1) is 15.6. The van der Waals surface area contributed by atoms with Crippen LogP contribution >= 0.6 is 0 Å². The summed E-state index contributed by atoms with van der Waals surface area (Å²) in [5, 5.41) is 12.9. The number of hydrogen-bond donors (Lipinski definition) is 3. The van der Waals surface area contributed by atoms with Gasteiger partial charge in [-0.05, 0) is 12.1 Å². The molecule has 0 aromatic heterocycles. The number of nitrogens with one attached hydrogen (secondary N) is 3. The van der Waals surface area contributed by atoms with Crippen molar-refractivity contribution in [2.75, 3.05) is 11.3 Å². The van der Waals surface area contributed by atoms with E-state index in [0.717, 1.165) is 12.1 Å². The molecule has 1 aromatic carbocycles. The van der Waals surface area contributed by atoms with E-state index in [-0.39, 0.29) is 5.69 Å². The molecule has 1 saturated heterocycles. The molecule has 12 heteroatoms. The maximum absolute atomic E-state index is 13.2. The molecule has 1 aliphatic heterocycles. The summed E-state index contributed by atoms with van der Waals surface area (Å²) in [5.74, 6) is -2.16. The smallest absolute Gasteiger partial charge is 0.321 e. The van der Waals surface area contributed by atoms with E-state index in [4.69, 9.17) is 0 Å². The third-order valence-corrected chi connectivity index (χ3v) is 4.40. The first-order valence-corrected chi connectivity index (χ1v) is 7.29. The standard InChI is InChI=1S/C10H9FN4O6S/c11-6-2-1-5(3-7(6)15(18)19)14-22(20,21)8-4-12-10(17)13-9(8)16/h1-3,8,14H,4H2,(H2,12,13,16,17). The second kappa shape index (κ2) is 5.55. The van der Waals surface area contributed by atoms with Crippen molar-refractivity contribution in [3.8, 4) is 0 Å². The van der Waals surface area contributed by atoms with E-state index in [1.165, 1.54) is 0 Å². The Balaban J connectivity index is 2.26. The average Bonchev–Trinajstić information content (AvgIpc) is 2.39. The molecule has 118 valence electrons. The van der Waals surface area contributed by atoms with Gasteiger partial charge in [-0.2, -0.15) is 4.39 Å². The fraction of sp³-hybridized carbons (Fsp3) is 0.200. The normalized spacial score (nSPS) is 18.3. The molecule has 1 heterocycles. The molecule has 3 amide bonds. The van der Waals surface area contributed by atoms with E-state index in [1.807, 2.05) is 4.72 Å². The van der Waals surface area contributed by atoms with Gasteiger partial charge in [0.2, 0.25) is 21.7 Å². The number of nitro benzene ring substituents is 1. The Kier molecular flexibility index (Phi) is 3.95. The molecule has 2 rings (SSSR count). The minimum absolute atomic E-state index is 0.280. The fourth-order valence-corrected chi connectivity index (χ4v) is 2.96. The molecule has 22 heavy (non-hydrogen) atoms. The number of urea groups is 1. The molecule has 0 aliphatic carbocycles. The van der Waals surface area contributed by atoms with Gasteiger partial charge in [-0.1, -0.05) is 0 Å². The Morgan fingerprint density at radius 3 is 2.64 bits per heavy atom. The van der Waals surface area contributed by atoms with Crippen molar-refractivity contribution >= 4 is 33.3 Å². The zero-order valence-corrected chi connectivity index (χ0v) is 11.5.